The largest absolute Gasteiger partial charge is 0.379 e. The Morgan fingerprint density at radius 2 is 1.67 bits per heavy atom. The van der Waals surface area contributed by atoms with Crippen molar-refractivity contribution in [2.75, 3.05) is 89.0 Å². The van der Waals surface area contributed by atoms with E-state index >= 15 is 0 Å². The third kappa shape index (κ3) is 5.28. The van der Waals surface area contributed by atoms with Crippen LogP contribution in [0.15, 0.2) is 12.3 Å². The fourth-order valence-corrected chi connectivity index (χ4v) is 4.14. The first-order valence-electron chi connectivity index (χ1n) is 10.3. The molecular formula is C19H32N6O2. The van der Waals surface area contributed by atoms with E-state index in [-0.39, 0.29) is 0 Å². The summed E-state index contributed by atoms with van der Waals surface area (Å²) in [7, 11) is 0. The Hall–Kier alpha value is -1.48. The smallest absolute Gasteiger partial charge is 0.227 e. The van der Waals surface area contributed by atoms with E-state index in [0.29, 0.717) is 6.04 Å². The molecule has 1 aromatic heterocycles. The Morgan fingerprint density at radius 1 is 0.963 bits per heavy atom. The normalized spacial score (nSPS) is 23.5. The van der Waals surface area contributed by atoms with Crippen molar-refractivity contribution in [3.8, 4) is 0 Å². The molecule has 0 unspecified atom stereocenters. The number of anilines is 2. The highest BCUT2D eigenvalue weighted by Gasteiger charge is 2.26. The zero-order valence-corrected chi connectivity index (χ0v) is 16.2. The molecule has 3 aliphatic heterocycles. The average molecular weight is 377 g/mol. The maximum atomic E-state index is 5.48. The lowest BCUT2D eigenvalue weighted by atomic mass is 10.0. The Labute approximate surface area is 161 Å². The number of aromatic nitrogens is 2. The summed E-state index contributed by atoms with van der Waals surface area (Å²) in [6.07, 6.45) is 4.23. The number of rotatable bonds is 6. The predicted molar refractivity (Wildman–Crippen MR) is 105 cm³/mol. The molecule has 0 bridgehead atoms. The molecule has 3 aliphatic rings. The molecule has 8 nitrogen and oxygen atoms in total. The van der Waals surface area contributed by atoms with Gasteiger partial charge < -0.3 is 19.7 Å². The monoisotopic (exact) mass is 376 g/mol. The van der Waals surface area contributed by atoms with Crippen molar-refractivity contribution in [1.29, 1.82) is 0 Å². The molecule has 4 heterocycles. The molecule has 4 rings (SSSR count). The first-order valence-corrected chi connectivity index (χ1v) is 10.3. The molecule has 0 amide bonds. The highest BCUT2D eigenvalue weighted by Crippen LogP contribution is 2.21. The highest BCUT2D eigenvalue weighted by atomic mass is 16.5. The van der Waals surface area contributed by atoms with Gasteiger partial charge in [-0.25, -0.2) is 4.98 Å². The van der Waals surface area contributed by atoms with E-state index in [2.05, 4.69) is 25.0 Å². The Kier molecular flexibility index (Phi) is 6.73. The number of piperidine rings is 1. The minimum Gasteiger partial charge on any atom is -0.379 e. The van der Waals surface area contributed by atoms with Gasteiger partial charge in [-0.1, -0.05) is 0 Å². The maximum absolute atomic E-state index is 5.48. The van der Waals surface area contributed by atoms with Crippen LogP contribution in [-0.2, 0) is 9.47 Å². The number of nitrogens with one attached hydrogen (secondary N) is 1. The standard InChI is InChI=1S/C19H32N6O2/c1-4-21-19(22-18(1)20-5-8-23-9-13-26-14-10-23)25-6-2-17(3-7-25)24-11-15-27-16-12-24/h1,4,17H,2-3,5-16H2,(H,20,21,22). The minimum atomic E-state index is 0.681. The quantitative estimate of drug-likeness (QED) is 0.771. The lowest BCUT2D eigenvalue weighted by Gasteiger charge is -2.40. The van der Waals surface area contributed by atoms with Gasteiger partial charge in [-0.05, 0) is 18.9 Å². The molecule has 3 fully saturated rings. The summed E-state index contributed by atoms with van der Waals surface area (Å²) in [6, 6.07) is 2.64. The van der Waals surface area contributed by atoms with Gasteiger partial charge in [0.15, 0.2) is 0 Å². The summed E-state index contributed by atoms with van der Waals surface area (Å²) in [4.78, 5) is 16.6. The van der Waals surface area contributed by atoms with E-state index in [4.69, 9.17) is 14.5 Å². The Morgan fingerprint density at radius 3 is 2.41 bits per heavy atom. The SMILES string of the molecule is c1cc(NCCN2CCOCC2)nc(N2CCC(N3CCOCC3)CC2)n1. The van der Waals surface area contributed by atoms with Crippen molar-refractivity contribution in [2.45, 2.75) is 18.9 Å². The molecule has 0 spiro atoms. The zero-order chi connectivity index (χ0) is 18.3. The molecule has 0 atom stereocenters. The minimum absolute atomic E-state index is 0.681. The molecule has 0 radical (unpaired) electrons. The van der Waals surface area contributed by atoms with Crippen LogP contribution in [0, 0.1) is 0 Å². The van der Waals surface area contributed by atoms with Gasteiger partial charge in [-0.2, -0.15) is 4.98 Å². The first kappa shape index (κ1) is 18.9. The van der Waals surface area contributed by atoms with Crippen LogP contribution >= 0.6 is 0 Å². The fourth-order valence-electron chi connectivity index (χ4n) is 4.14. The number of ether oxygens (including phenoxy) is 2. The van der Waals surface area contributed by atoms with E-state index in [9.17, 15) is 0 Å². The highest BCUT2D eigenvalue weighted by molar-refractivity contribution is 5.41. The molecule has 0 saturated carbocycles. The van der Waals surface area contributed by atoms with Gasteiger partial charge in [0.1, 0.15) is 5.82 Å². The fraction of sp³-hybridized carbons (Fsp3) is 0.789. The van der Waals surface area contributed by atoms with Crippen molar-refractivity contribution in [3.63, 3.8) is 0 Å². The molecule has 150 valence electrons. The predicted octanol–water partition coefficient (Wildman–Crippen LogP) is 0.522. The van der Waals surface area contributed by atoms with Gasteiger partial charge in [0.25, 0.3) is 0 Å². The summed E-state index contributed by atoms with van der Waals surface area (Å²) < 4.78 is 10.9. The van der Waals surface area contributed by atoms with E-state index in [1.54, 1.807) is 0 Å². The van der Waals surface area contributed by atoms with Crippen molar-refractivity contribution in [2.24, 2.45) is 0 Å². The van der Waals surface area contributed by atoms with Gasteiger partial charge in [0.2, 0.25) is 5.95 Å². The van der Waals surface area contributed by atoms with Crippen LogP contribution in [0.2, 0.25) is 0 Å². The van der Waals surface area contributed by atoms with Gasteiger partial charge in [-0.15, -0.1) is 0 Å². The third-order valence-electron chi connectivity index (χ3n) is 5.79. The molecule has 1 N–H and O–H groups in total. The van der Waals surface area contributed by atoms with Crippen LogP contribution in [-0.4, -0.2) is 105 Å². The number of nitrogens with zero attached hydrogens (tertiary/aromatic N) is 5. The average Bonchev–Trinajstić information content (AvgIpc) is 2.76. The van der Waals surface area contributed by atoms with E-state index < -0.39 is 0 Å². The summed E-state index contributed by atoms with van der Waals surface area (Å²) in [5.41, 5.74) is 0. The van der Waals surface area contributed by atoms with Crippen molar-refractivity contribution in [1.82, 2.24) is 19.8 Å². The molecule has 0 aromatic carbocycles. The summed E-state index contributed by atoms with van der Waals surface area (Å²) in [5.74, 6) is 1.77. The second-order valence-electron chi connectivity index (χ2n) is 7.49. The zero-order valence-electron chi connectivity index (χ0n) is 16.2. The number of hydrogen-bond donors (Lipinski definition) is 1. The molecule has 1 aromatic rings. The Bertz CT molecular complexity index is 569. The Balaban J connectivity index is 1.24. The van der Waals surface area contributed by atoms with Crippen molar-refractivity contribution >= 4 is 11.8 Å². The first-order chi connectivity index (χ1) is 13.4. The summed E-state index contributed by atoms with van der Waals surface area (Å²) >= 11 is 0. The molecule has 27 heavy (non-hydrogen) atoms. The topological polar surface area (TPSA) is 66.0 Å². The van der Waals surface area contributed by atoms with E-state index in [1.165, 1.54) is 12.8 Å². The van der Waals surface area contributed by atoms with Crippen LogP contribution in [0.5, 0.6) is 0 Å². The lowest BCUT2D eigenvalue weighted by molar-refractivity contribution is 0.0114. The van der Waals surface area contributed by atoms with Crippen LogP contribution in [0.25, 0.3) is 0 Å². The summed E-state index contributed by atoms with van der Waals surface area (Å²) in [6.45, 7) is 11.6. The van der Waals surface area contributed by atoms with E-state index in [1.807, 2.05) is 12.3 Å². The molecular weight excluding hydrogens is 344 g/mol. The maximum Gasteiger partial charge on any atom is 0.227 e. The summed E-state index contributed by atoms with van der Waals surface area (Å²) in [5, 5.41) is 3.45. The van der Waals surface area contributed by atoms with Crippen LogP contribution in [0.1, 0.15) is 12.8 Å². The third-order valence-corrected chi connectivity index (χ3v) is 5.79. The molecule has 3 saturated heterocycles. The van der Waals surface area contributed by atoms with E-state index in [0.717, 1.165) is 90.6 Å². The van der Waals surface area contributed by atoms with Crippen LogP contribution < -0.4 is 10.2 Å². The second kappa shape index (κ2) is 9.64. The van der Waals surface area contributed by atoms with Gasteiger partial charge in [0, 0.05) is 64.6 Å². The van der Waals surface area contributed by atoms with Gasteiger partial charge in [-0.3, -0.25) is 9.80 Å². The van der Waals surface area contributed by atoms with Crippen molar-refractivity contribution < 1.29 is 9.47 Å². The lowest BCUT2D eigenvalue weighted by Crippen LogP contribution is -2.49. The molecule has 0 aliphatic carbocycles. The second-order valence-corrected chi connectivity index (χ2v) is 7.49. The van der Waals surface area contributed by atoms with Crippen LogP contribution in [0.3, 0.4) is 0 Å². The van der Waals surface area contributed by atoms with Crippen LogP contribution in [0.4, 0.5) is 11.8 Å². The molecule has 8 heteroatoms. The van der Waals surface area contributed by atoms with Gasteiger partial charge >= 0.3 is 0 Å². The van der Waals surface area contributed by atoms with Crippen molar-refractivity contribution in [3.05, 3.63) is 12.3 Å². The number of morpholine rings is 2. The van der Waals surface area contributed by atoms with Gasteiger partial charge in [0.05, 0.1) is 26.4 Å². The number of hydrogen-bond acceptors (Lipinski definition) is 8.